The molecule has 0 aliphatic heterocycles. The first-order valence-corrected chi connectivity index (χ1v) is 7.88. The Balaban J connectivity index is 2.43. The van der Waals surface area contributed by atoms with E-state index < -0.39 is 0 Å². The predicted octanol–water partition coefficient (Wildman–Crippen LogP) is 2.74. The van der Waals surface area contributed by atoms with Crippen LogP contribution in [0, 0.1) is 35.5 Å². The SMILES string of the molecule is Cc1c(OC2=CC(C#N)=CC(C#N)C2)c(C(C)(C)C)nn1CCO. The fourth-order valence-corrected chi connectivity index (χ4v) is 2.58. The van der Waals surface area contributed by atoms with E-state index in [4.69, 9.17) is 15.3 Å². The van der Waals surface area contributed by atoms with Crippen molar-refractivity contribution in [1.29, 1.82) is 10.5 Å². The van der Waals surface area contributed by atoms with Gasteiger partial charge in [-0.05, 0) is 19.1 Å². The molecule has 0 spiro atoms. The lowest BCUT2D eigenvalue weighted by Crippen LogP contribution is -2.15. The van der Waals surface area contributed by atoms with Gasteiger partial charge in [-0.15, -0.1) is 0 Å². The second-order valence-corrected chi connectivity index (χ2v) is 6.85. The highest BCUT2D eigenvalue weighted by molar-refractivity contribution is 5.43. The molecule has 1 aromatic heterocycles. The monoisotopic (exact) mass is 326 g/mol. The minimum Gasteiger partial charge on any atom is -0.458 e. The maximum absolute atomic E-state index is 9.21. The molecule has 6 nitrogen and oxygen atoms in total. The number of ether oxygens (including phenoxy) is 1. The molecular formula is C18H22N4O2. The van der Waals surface area contributed by atoms with Crippen LogP contribution in [0.5, 0.6) is 5.75 Å². The van der Waals surface area contributed by atoms with Gasteiger partial charge in [0.1, 0.15) is 11.5 Å². The predicted molar refractivity (Wildman–Crippen MR) is 88.9 cm³/mol. The molecule has 0 aromatic carbocycles. The summed E-state index contributed by atoms with van der Waals surface area (Å²) in [4.78, 5) is 0. The van der Waals surface area contributed by atoms with Gasteiger partial charge in [0.05, 0.1) is 42.5 Å². The molecule has 2 rings (SSSR count). The molecule has 1 aromatic rings. The van der Waals surface area contributed by atoms with E-state index in [1.807, 2.05) is 27.7 Å². The topological polar surface area (TPSA) is 94.9 Å². The Morgan fingerprint density at radius 2 is 2.12 bits per heavy atom. The van der Waals surface area contributed by atoms with Crippen molar-refractivity contribution in [2.75, 3.05) is 6.61 Å². The number of aliphatic hydroxyl groups is 1. The number of rotatable bonds is 4. The standard InChI is InChI=1S/C18H22N4O2/c1-12-16(17(18(2,3)4)21-22(12)5-6-23)24-15-8-13(10-19)7-14(9-15)11-20/h7-8,14,23H,5-6,9H2,1-4H3. The third kappa shape index (κ3) is 3.67. The molecule has 6 heteroatoms. The van der Waals surface area contributed by atoms with E-state index in [0.29, 0.717) is 30.0 Å². The van der Waals surface area contributed by atoms with Gasteiger partial charge in [-0.25, -0.2) is 0 Å². The minimum absolute atomic E-state index is 0.00787. The number of nitriles is 2. The van der Waals surface area contributed by atoms with Gasteiger partial charge in [0.15, 0.2) is 5.75 Å². The summed E-state index contributed by atoms with van der Waals surface area (Å²) in [6.45, 7) is 8.39. The molecule has 126 valence electrons. The second kappa shape index (κ2) is 6.90. The van der Waals surface area contributed by atoms with Gasteiger partial charge in [-0.1, -0.05) is 20.8 Å². The third-order valence-electron chi connectivity index (χ3n) is 3.82. The van der Waals surface area contributed by atoms with Crippen LogP contribution in [0.2, 0.25) is 0 Å². The van der Waals surface area contributed by atoms with Crippen molar-refractivity contribution in [3.05, 3.63) is 34.9 Å². The van der Waals surface area contributed by atoms with Crippen molar-refractivity contribution < 1.29 is 9.84 Å². The van der Waals surface area contributed by atoms with Crippen LogP contribution in [0.1, 0.15) is 38.6 Å². The Bertz CT molecular complexity index is 767. The lowest BCUT2D eigenvalue weighted by atomic mass is 9.91. The highest BCUT2D eigenvalue weighted by Gasteiger charge is 2.28. The Morgan fingerprint density at radius 3 is 2.67 bits per heavy atom. The zero-order valence-electron chi connectivity index (χ0n) is 14.5. The number of allylic oxidation sites excluding steroid dienone is 4. The molecule has 24 heavy (non-hydrogen) atoms. The first-order chi connectivity index (χ1) is 11.3. The van der Waals surface area contributed by atoms with Crippen LogP contribution in [0.3, 0.4) is 0 Å². The highest BCUT2D eigenvalue weighted by atomic mass is 16.5. The molecule has 0 bridgehead atoms. The van der Waals surface area contributed by atoms with Crippen molar-refractivity contribution in [2.45, 2.75) is 46.1 Å². The first kappa shape index (κ1) is 17.8. The van der Waals surface area contributed by atoms with Crippen LogP contribution in [0.4, 0.5) is 0 Å². The molecule has 1 aliphatic carbocycles. The van der Waals surface area contributed by atoms with Gasteiger partial charge in [0.25, 0.3) is 0 Å². The average Bonchev–Trinajstić information content (AvgIpc) is 2.84. The summed E-state index contributed by atoms with van der Waals surface area (Å²) >= 11 is 0. The van der Waals surface area contributed by atoms with Crippen LogP contribution in [-0.2, 0) is 12.0 Å². The largest absolute Gasteiger partial charge is 0.458 e. The van der Waals surface area contributed by atoms with E-state index in [-0.39, 0.29) is 17.9 Å². The smallest absolute Gasteiger partial charge is 0.171 e. The van der Waals surface area contributed by atoms with Crippen molar-refractivity contribution >= 4 is 0 Å². The van der Waals surface area contributed by atoms with Gasteiger partial charge in [0, 0.05) is 11.8 Å². The van der Waals surface area contributed by atoms with Gasteiger partial charge in [-0.2, -0.15) is 15.6 Å². The minimum atomic E-state index is -0.370. The summed E-state index contributed by atoms with van der Waals surface area (Å²) in [5, 5.41) is 32.1. The van der Waals surface area contributed by atoms with Crippen LogP contribution in [0.25, 0.3) is 0 Å². The zero-order valence-corrected chi connectivity index (χ0v) is 14.5. The number of aliphatic hydroxyl groups excluding tert-OH is 1. The average molecular weight is 326 g/mol. The molecule has 0 amide bonds. The maximum atomic E-state index is 9.21. The molecule has 0 fully saturated rings. The molecule has 1 heterocycles. The summed E-state index contributed by atoms with van der Waals surface area (Å²) in [5.74, 6) is 0.848. The number of nitrogens with zero attached hydrogens (tertiary/aromatic N) is 4. The Kier molecular flexibility index (Phi) is 5.11. The molecule has 1 atom stereocenters. The van der Waals surface area contributed by atoms with Crippen LogP contribution in [0.15, 0.2) is 23.5 Å². The summed E-state index contributed by atoms with van der Waals surface area (Å²) < 4.78 is 7.81. The normalized spacial score (nSPS) is 17.5. The molecule has 1 aliphatic rings. The van der Waals surface area contributed by atoms with E-state index in [2.05, 4.69) is 17.2 Å². The molecular weight excluding hydrogens is 304 g/mol. The van der Waals surface area contributed by atoms with Gasteiger partial charge in [0.2, 0.25) is 0 Å². The van der Waals surface area contributed by atoms with Crippen LogP contribution < -0.4 is 4.74 Å². The van der Waals surface area contributed by atoms with Crippen LogP contribution >= 0.6 is 0 Å². The fraction of sp³-hybridized carbons (Fsp3) is 0.500. The van der Waals surface area contributed by atoms with E-state index in [1.54, 1.807) is 16.8 Å². The number of aromatic nitrogens is 2. The maximum Gasteiger partial charge on any atom is 0.171 e. The van der Waals surface area contributed by atoms with Gasteiger partial charge in [-0.3, -0.25) is 4.68 Å². The van der Waals surface area contributed by atoms with Gasteiger partial charge >= 0.3 is 0 Å². The van der Waals surface area contributed by atoms with Crippen LogP contribution in [-0.4, -0.2) is 21.5 Å². The van der Waals surface area contributed by atoms with Crippen molar-refractivity contribution in [2.24, 2.45) is 5.92 Å². The fourth-order valence-electron chi connectivity index (χ4n) is 2.58. The van der Waals surface area contributed by atoms with Crippen molar-refractivity contribution in [1.82, 2.24) is 9.78 Å². The van der Waals surface area contributed by atoms with E-state index in [0.717, 1.165) is 11.4 Å². The highest BCUT2D eigenvalue weighted by Crippen LogP contribution is 2.36. The Morgan fingerprint density at radius 1 is 1.42 bits per heavy atom. The lowest BCUT2D eigenvalue weighted by Gasteiger charge is -2.20. The second-order valence-electron chi connectivity index (χ2n) is 6.85. The van der Waals surface area contributed by atoms with E-state index in [1.165, 1.54) is 0 Å². The zero-order chi connectivity index (χ0) is 17.9. The molecule has 0 radical (unpaired) electrons. The summed E-state index contributed by atoms with van der Waals surface area (Å²) in [6, 6.07) is 4.24. The summed E-state index contributed by atoms with van der Waals surface area (Å²) in [5.41, 5.74) is 1.80. The van der Waals surface area contributed by atoms with E-state index in [9.17, 15) is 5.11 Å². The number of hydrogen-bond donors (Lipinski definition) is 1. The number of hydrogen-bond acceptors (Lipinski definition) is 5. The molecule has 1 unspecified atom stereocenters. The van der Waals surface area contributed by atoms with Crippen molar-refractivity contribution in [3.8, 4) is 17.9 Å². The summed E-state index contributed by atoms with van der Waals surface area (Å²) in [6.07, 6.45) is 3.75. The Hall–Kier alpha value is -2.57. The third-order valence-corrected chi connectivity index (χ3v) is 3.82. The molecule has 0 saturated carbocycles. The first-order valence-electron chi connectivity index (χ1n) is 7.88. The quantitative estimate of drug-likeness (QED) is 0.918. The van der Waals surface area contributed by atoms with Crippen molar-refractivity contribution in [3.63, 3.8) is 0 Å². The summed E-state index contributed by atoms with van der Waals surface area (Å²) in [7, 11) is 0. The van der Waals surface area contributed by atoms with Gasteiger partial charge < -0.3 is 9.84 Å². The molecule has 0 saturated heterocycles. The Labute approximate surface area is 142 Å². The van der Waals surface area contributed by atoms with E-state index >= 15 is 0 Å². The lowest BCUT2D eigenvalue weighted by molar-refractivity contribution is 0.267. The molecule has 1 N–H and O–H groups in total.